The van der Waals surface area contributed by atoms with Gasteiger partial charge in [0.15, 0.2) is 0 Å². The summed E-state index contributed by atoms with van der Waals surface area (Å²) in [4.78, 5) is 21.7. The molecular weight excluding hydrogens is 220 g/mol. The second kappa shape index (κ2) is 10.1. The Hall–Kier alpha value is -1.06. The van der Waals surface area contributed by atoms with E-state index in [-0.39, 0.29) is 24.9 Å². The Labute approximate surface area is 103 Å². The lowest BCUT2D eigenvalue weighted by atomic mass is 10.1. The van der Waals surface area contributed by atoms with Gasteiger partial charge in [-0.3, -0.25) is 9.59 Å². The van der Waals surface area contributed by atoms with Gasteiger partial charge in [0, 0.05) is 12.8 Å². The second-order valence-electron chi connectivity index (χ2n) is 4.26. The molecule has 100 valence electrons. The summed E-state index contributed by atoms with van der Waals surface area (Å²) in [6.45, 7) is 4.14. The third kappa shape index (κ3) is 9.85. The number of carbonyl (C=O) groups excluding carboxylic acids is 1. The molecule has 1 N–H and O–H groups in total. The molecule has 0 aliphatic carbocycles. The molecule has 0 aromatic rings. The Bertz CT molecular complexity index is 225. The van der Waals surface area contributed by atoms with Gasteiger partial charge in [-0.2, -0.15) is 0 Å². The normalized spacial score (nSPS) is 12.1. The van der Waals surface area contributed by atoms with E-state index in [0.717, 1.165) is 32.1 Å². The van der Waals surface area contributed by atoms with Crippen molar-refractivity contribution in [3.8, 4) is 0 Å². The first-order valence-electron chi connectivity index (χ1n) is 6.51. The number of carboxylic acid groups (broad SMARTS) is 1. The van der Waals surface area contributed by atoms with Crippen LogP contribution in [0.3, 0.4) is 0 Å². The number of esters is 1. The highest BCUT2D eigenvalue weighted by Crippen LogP contribution is 2.11. The summed E-state index contributed by atoms with van der Waals surface area (Å²) >= 11 is 0. The molecule has 1 atom stereocenters. The highest BCUT2D eigenvalue weighted by molar-refractivity contribution is 5.71. The van der Waals surface area contributed by atoms with Crippen LogP contribution in [-0.4, -0.2) is 23.1 Å². The van der Waals surface area contributed by atoms with Gasteiger partial charge in [0.05, 0.1) is 0 Å². The van der Waals surface area contributed by atoms with Gasteiger partial charge in [-0.05, 0) is 25.7 Å². The van der Waals surface area contributed by atoms with Crippen LogP contribution in [0.1, 0.15) is 65.2 Å². The molecule has 0 aromatic heterocycles. The molecule has 0 aromatic carbocycles. The number of rotatable bonds is 10. The van der Waals surface area contributed by atoms with Crippen molar-refractivity contribution < 1.29 is 19.4 Å². The Balaban J connectivity index is 3.70. The van der Waals surface area contributed by atoms with Gasteiger partial charge in [0.25, 0.3) is 0 Å². The lowest BCUT2D eigenvalue weighted by Gasteiger charge is -2.15. The predicted octanol–water partition coefficient (Wildman–Crippen LogP) is 3.14. The second-order valence-corrected chi connectivity index (χ2v) is 4.26. The SMILES string of the molecule is CCCCCC(CC)OC(=O)CCCC(=O)O. The molecule has 0 radical (unpaired) electrons. The lowest BCUT2D eigenvalue weighted by Crippen LogP contribution is -2.17. The number of carbonyl (C=O) groups is 2. The van der Waals surface area contributed by atoms with Gasteiger partial charge in [0.2, 0.25) is 0 Å². The summed E-state index contributed by atoms with van der Waals surface area (Å²) in [7, 11) is 0. The van der Waals surface area contributed by atoms with E-state index in [2.05, 4.69) is 6.92 Å². The first kappa shape index (κ1) is 15.9. The highest BCUT2D eigenvalue weighted by Gasteiger charge is 2.12. The molecule has 0 aliphatic heterocycles. The fourth-order valence-corrected chi connectivity index (χ4v) is 1.60. The summed E-state index contributed by atoms with van der Waals surface area (Å²) < 4.78 is 5.30. The van der Waals surface area contributed by atoms with Crippen LogP contribution in [0.2, 0.25) is 0 Å². The summed E-state index contributed by atoms with van der Waals surface area (Å²) in [5.74, 6) is -1.14. The molecule has 0 aliphatic rings. The van der Waals surface area contributed by atoms with Gasteiger partial charge >= 0.3 is 11.9 Å². The summed E-state index contributed by atoms with van der Waals surface area (Å²) in [5.41, 5.74) is 0. The largest absolute Gasteiger partial charge is 0.481 e. The van der Waals surface area contributed by atoms with Crippen molar-refractivity contribution in [2.45, 2.75) is 71.3 Å². The lowest BCUT2D eigenvalue weighted by molar-refractivity contribution is -0.149. The first-order chi connectivity index (χ1) is 8.10. The fourth-order valence-electron chi connectivity index (χ4n) is 1.60. The van der Waals surface area contributed by atoms with E-state index in [1.165, 1.54) is 0 Å². The smallest absolute Gasteiger partial charge is 0.306 e. The molecule has 4 nitrogen and oxygen atoms in total. The maximum absolute atomic E-state index is 11.4. The van der Waals surface area contributed by atoms with Crippen LogP contribution in [0.15, 0.2) is 0 Å². The Morgan fingerprint density at radius 2 is 1.82 bits per heavy atom. The summed E-state index contributed by atoms with van der Waals surface area (Å²) in [6.07, 6.45) is 5.73. The van der Waals surface area contributed by atoms with E-state index in [1.54, 1.807) is 0 Å². The van der Waals surface area contributed by atoms with Gasteiger partial charge < -0.3 is 9.84 Å². The van der Waals surface area contributed by atoms with Crippen LogP contribution in [0.5, 0.6) is 0 Å². The first-order valence-corrected chi connectivity index (χ1v) is 6.51. The van der Waals surface area contributed by atoms with Crippen molar-refractivity contribution in [3.05, 3.63) is 0 Å². The van der Waals surface area contributed by atoms with Gasteiger partial charge in [-0.25, -0.2) is 0 Å². The van der Waals surface area contributed by atoms with Crippen LogP contribution >= 0.6 is 0 Å². The molecule has 17 heavy (non-hydrogen) atoms. The van der Waals surface area contributed by atoms with Gasteiger partial charge in [-0.1, -0.05) is 26.7 Å². The predicted molar refractivity (Wildman–Crippen MR) is 65.8 cm³/mol. The zero-order chi connectivity index (χ0) is 13.1. The highest BCUT2D eigenvalue weighted by atomic mass is 16.5. The molecule has 4 heteroatoms. The zero-order valence-electron chi connectivity index (χ0n) is 10.9. The van der Waals surface area contributed by atoms with E-state index in [0.29, 0.717) is 6.42 Å². The molecule has 0 spiro atoms. The minimum Gasteiger partial charge on any atom is -0.481 e. The monoisotopic (exact) mass is 244 g/mol. The third-order valence-electron chi connectivity index (χ3n) is 2.65. The molecule has 0 saturated heterocycles. The Morgan fingerprint density at radius 3 is 2.35 bits per heavy atom. The number of ether oxygens (including phenoxy) is 1. The van der Waals surface area contributed by atoms with Crippen molar-refractivity contribution in [1.29, 1.82) is 0 Å². The fraction of sp³-hybridized carbons (Fsp3) is 0.846. The molecular formula is C13H24O4. The Morgan fingerprint density at radius 1 is 1.12 bits per heavy atom. The number of carboxylic acids is 1. The average molecular weight is 244 g/mol. The van der Waals surface area contributed by atoms with Gasteiger partial charge in [-0.15, -0.1) is 0 Å². The molecule has 0 heterocycles. The molecule has 0 rings (SSSR count). The molecule has 0 saturated carbocycles. The molecule has 0 fully saturated rings. The van der Waals surface area contributed by atoms with Crippen molar-refractivity contribution in [2.75, 3.05) is 0 Å². The summed E-state index contributed by atoms with van der Waals surface area (Å²) in [6, 6.07) is 0. The van der Waals surface area contributed by atoms with Crippen LogP contribution in [0.25, 0.3) is 0 Å². The van der Waals surface area contributed by atoms with Crippen molar-refractivity contribution >= 4 is 11.9 Å². The average Bonchev–Trinajstić information content (AvgIpc) is 2.27. The van der Waals surface area contributed by atoms with Crippen LogP contribution < -0.4 is 0 Å². The van der Waals surface area contributed by atoms with Crippen LogP contribution in [0.4, 0.5) is 0 Å². The zero-order valence-corrected chi connectivity index (χ0v) is 10.9. The maximum atomic E-state index is 11.4. The number of hydrogen-bond acceptors (Lipinski definition) is 3. The third-order valence-corrected chi connectivity index (χ3v) is 2.65. The number of hydrogen-bond donors (Lipinski definition) is 1. The van der Waals surface area contributed by atoms with E-state index in [4.69, 9.17) is 9.84 Å². The van der Waals surface area contributed by atoms with E-state index in [1.807, 2.05) is 6.92 Å². The van der Waals surface area contributed by atoms with E-state index < -0.39 is 5.97 Å². The Kier molecular flexibility index (Phi) is 9.49. The molecule has 1 unspecified atom stereocenters. The maximum Gasteiger partial charge on any atom is 0.306 e. The number of aliphatic carboxylic acids is 1. The minimum absolute atomic E-state index is 0.00104. The van der Waals surface area contributed by atoms with Crippen molar-refractivity contribution in [1.82, 2.24) is 0 Å². The van der Waals surface area contributed by atoms with Crippen LogP contribution in [-0.2, 0) is 14.3 Å². The molecule has 0 bridgehead atoms. The van der Waals surface area contributed by atoms with Crippen molar-refractivity contribution in [2.24, 2.45) is 0 Å². The van der Waals surface area contributed by atoms with Crippen LogP contribution in [0, 0.1) is 0 Å². The van der Waals surface area contributed by atoms with E-state index >= 15 is 0 Å². The number of unbranched alkanes of at least 4 members (excludes halogenated alkanes) is 2. The summed E-state index contributed by atoms with van der Waals surface area (Å²) in [5, 5.41) is 8.45. The molecule has 0 amide bonds. The van der Waals surface area contributed by atoms with Crippen molar-refractivity contribution in [3.63, 3.8) is 0 Å². The quantitative estimate of drug-likeness (QED) is 0.473. The van der Waals surface area contributed by atoms with E-state index in [9.17, 15) is 9.59 Å². The topological polar surface area (TPSA) is 63.6 Å². The standard InChI is InChI=1S/C13H24O4/c1-3-5-6-8-11(4-2)17-13(16)10-7-9-12(14)15/h11H,3-10H2,1-2H3,(H,14,15). The minimum atomic E-state index is -0.868. The van der Waals surface area contributed by atoms with Gasteiger partial charge in [0.1, 0.15) is 6.10 Å².